The second-order valence-corrected chi connectivity index (χ2v) is 8.40. The molecular formula is C25H25F3N2O2. The molecule has 0 N–H and O–H groups in total. The number of hydrogen-bond donors (Lipinski definition) is 0. The Morgan fingerprint density at radius 3 is 2.53 bits per heavy atom. The van der Waals surface area contributed by atoms with Crippen molar-refractivity contribution in [3.05, 3.63) is 71.3 Å². The second-order valence-electron chi connectivity index (χ2n) is 8.40. The Hall–Kier alpha value is -3.09. The van der Waals surface area contributed by atoms with Gasteiger partial charge in [-0.05, 0) is 56.0 Å². The molecule has 2 aliphatic rings. The second kappa shape index (κ2) is 8.11. The van der Waals surface area contributed by atoms with Crippen molar-refractivity contribution in [1.29, 1.82) is 0 Å². The molecule has 168 valence electrons. The first kappa shape index (κ1) is 22.1. The third-order valence-electron chi connectivity index (χ3n) is 6.59. The van der Waals surface area contributed by atoms with Crippen LogP contribution in [0.25, 0.3) is 6.08 Å². The molecule has 0 aromatic heterocycles. The molecule has 0 bridgehead atoms. The third-order valence-corrected chi connectivity index (χ3v) is 6.59. The molecule has 2 heterocycles. The Morgan fingerprint density at radius 1 is 1.16 bits per heavy atom. The SMILES string of the molecule is CCN1C(=O)C2(CCN(C(=O)/C=C/c3ccccc3C(F)(F)F)C(C)C2)c2ccccc21. The summed E-state index contributed by atoms with van der Waals surface area (Å²) < 4.78 is 39.6. The number of rotatable bonds is 3. The summed E-state index contributed by atoms with van der Waals surface area (Å²) in [5.41, 5.74) is 0.446. The highest BCUT2D eigenvalue weighted by Gasteiger charge is 2.53. The van der Waals surface area contributed by atoms with Crippen molar-refractivity contribution in [2.75, 3.05) is 18.0 Å². The van der Waals surface area contributed by atoms with Crippen LogP contribution < -0.4 is 4.90 Å². The maximum absolute atomic E-state index is 13.3. The molecule has 2 amide bonds. The molecular weight excluding hydrogens is 417 g/mol. The van der Waals surface area contributed by atoms with Gasteiger partial charge in [0.2, 0.25) is 11.8 Å². The van der Waals surface area contributed by atoms with E-state index in [1.165, 1.54) is 30.4 Å². The first-order valence-electron chi connectivity index (χ1n) is 10.8. The maximum atomic E-state index is 13.3. The smallest absolute Gasteiger partial charge is 0.336 e. The van der Waals surface area contributed by atoms with Gasteiger partial charge < -0.3 is 9.80 Å². The lowest BCUT2D eigenvalue weighted by Crippen LogP contribution is -2.53. The highest BCUT2D eigenvalue weighted by Crippen LogP contribution is 2.49. The summed E-state index contributed by atoms with van der Waals surface area (Å²) >= 11 is 0. The van der Waals surface area contributed by atoms with Gasteiger partial charge in [0, 0.05) is 30.9 Å². The molecule has 0 radical (unpaired) electrons. The van der Waals surface area contributed by atoms with Crippen LogP contribution in [0.4, 0.5) is 18.9 Å². The number of carbonyl (C=O) groups excluding carboxylic acids is 2. The van der Waals surface area contributed by atoms with E-state index < -0.39 is 17.2 Å². The van der Waals surface area contributed by atoms with Crippen molar-refractivity contribution < 1.29 is 22.8 Å². The summed E-state index contributed by atoms with van der Waals surface area (Å²) in [7, 11) is 0. The Morgan fingerprint density at radius 2 is 1.84 bits per heavy atom. The summed E-state index contributed by atoms with van der Waals surface area (Å²) in [6.07, 6.45) is -1.10. The summed E-state index contributed by atoms with van der Waals surface area (Å²) in [6, 6.07) is 12.7. The van der Waals surface area contributed by atoms with Gasteiger partial charge in [-0.15, -0.1) is 0 Å². The highest BCUT2D eigenvalue weighted by molar-refractivity contribution is 6.08. The van der Waals surface area contributed by atoms with Crippen LogP contribution in [0, 0.1) is 0 Å². The van der Waals surface area contributed by atoms with E-state index in [2.05, 4.69) is 0 Å². The lowest BCUT2D eigenvalue weighted by molar-refractivity contribution is -0.137. The topological polar surface area (TPSA) is 40.6 Å². The van der Waals surface area contributed by atoms with Crippen molar-refractivity contribution in [2.24, 2.45) is 0 Å². The predicted molar refractivity (Wildman–Crippen MR) is 117 cm³/mol. The van der Waals surface area contributed by atoms with Gasteiger partial charge in [0.15, 0.2) is 0 Å². The van der Waals surface area contributed by atoms with Crippen LogP contribution >= 0.6 is 0 Å². The van der Waals surface area contributed by atoms with E-state index >= 15 is 0 Å². The number of amides is 2. The minimum Gasteiger partial charge on any atom is -0.336 e. The van der Waals surface area contributed by atoms with E-state index in [0.29, 0.717) is 25.9 Å². The van der Waals surface area contributed by atoms with E-state index in [9.17, 15) is 22.8 Å². The van der Waals surface area contributed by atoms with E-state index in [1.807, 2.05) is 38.1 Å². The van der Waals surface area contributed by atoms with Gasteiger partial charge in [0.05, 0.1) is 11.0 Å². The Bertz CT molecular complexity index is 1080. The number of likely N-dealkylation sites (N-methyl/N-ethyl adjacent to an activating group) is 1. The van der Waals surface area contributed by atoms with Gasteiger partial charge >= 0.3 is 6.18 Å². The number of fused-ring (bicyclic) bond motifs is 2. The number of piperidine rings is 1. The monoisotopic (exact) mass is 442 g/mol. The third kappa shape index (κ3) is 3.59. The number of benzene rings is 2. The Balaban J connectivity index is 1.55. The molecule has 2 aromatic carbocycles. The van der Waals surface area contributed by atoms with Crippen molar-refractivity contribution >= 4 is 23.6 Å². The summed E-state index contributed by atoms with van der Waals surface area (Å²) in [5.74, 6) is -0.287. The van der Waals surface area contributed by atoms with Gasteiger partial charge in [0.1, 0.15) is 0 Å². The largest absolute Gasteiger partial charge is 0.416 e. The Kier molecular flexibility index (Phi) is 5.61. The lowest BCUT2D eigenvalue weighted by Gasteiger charge is -2.42. The molecule has 4 nitrogen and oxygen atoms in total. The van der Waals surface area contributed by atoms with Crippen LogP contribution in [0.3, 0.4) is 0 Å². The molecule has 2 aromatic rings. The quantitative estimate of drug-likeness (QED) is 0.626. The summed E-state index contributed by atoms with van der Waals surface area (Å²) in [4.78, 5) is 29.6. The number of para-hydroxylation sites is 1. The van der Waals surface area contributed by atoms with Crippen LogP contribution in [0.5, 0.6) is 0 Å². The van der Waals surface area contributed by atoms with Crippen molar-refractivity contribution in [2.45, 2.75) is 44.3 Å². The zero-order chi connectivity index (χ0) is 23.1. The molecule has 4 rings (SSSR count). The maximum Gasteiger partial charge on any atom is 0.416 e. The standard InChI is InChI=1S/C25H25F3N2O2/c1-3-29-21-11-7-6-10-20(21)24(23(29)32)14-15-30(17(2)16-24)22(31)13-12-18-8-4-5-9-19(18)25(26,27)28/h4-13,17H,3,14-16H2,1-2H3/b13-12+. The molecule has 7 heteroatoms. The fraction of sp³-hybridized carbons (Fsp3) is 0.360. The Labute approximate surface area is 185 Å². The summed E-state index contributed by atoms with van der Waals surface area (Å²) in [5, 5.41) is 0. The van der Waals surface area contributed by atoms with Gasteiger partial charge in [-0.25, -0.2) is 0 Å². The van der Waals surface area contributed by atoms with Crippen LogP contribution in [-0.2, 0) is 21.2 Å². The molecule has 0 aliphatic carbocycles. The van der Waals surface area contributed by atoms with Gasteiger partial charge in [0.25, 0.3) is 0 Å². The van der Waals surface area contributed by atoms with E-state index in [0.717, 1.165) is 17.3 Å². The first-order valence-corrected chi connectivity index (χ1v) is 10.8. The predicted octanol–water partition coefficient (Wildman–Crippen LogP) is 5.03. The van der Waals surface area contributed by atoms with Crippen LogP contribution in [-0.4, -0.2) is 35.8 Å². The fourth-order valence-electron chi connectivity index (χ4n) is 5.08. The van der Waals surface area contributed by atoms with Crippen LogP contribution in [0.15, 0.2) is 54.6 Å². The minimum absolute atomic E-state index is 0.0482. The molecule has 1 spiro atoms. The van der Waals surface area contributed by atoms with Gasteiger partial charge in [-0.2, -0.15) is 13.2 Å². The van der Waals surface area contributed by atoms with E-state index in [4.69, 9.17) is 0 Å². The molecule has 1 saturated heterocycles. The lowest BCUT2D eigenvalue weighted by atomic mass is 9.71. The fourth-order valence-corrected chi connectivity index (χ4v) is 5.08. The molecule has 2 aliphatic heterocycles. The van der Waals surface area contributed by atoms with Crippen molar-refractivity contribution in [3.8, 4) is 0 Å². The molecule has 2 unspecified atom stereocenters. The van der Waals surface area contributed by atoms with Crippen LogP contribution in [0.1, 0.15) is 43.4 Å². The zero-order valence-corrected chi connectivity index (χ0v) is 18.0. The van der Waals surface area contributed by atoms with E-state index in [-0.39, 0.29) is 23.4 Å². The van der Waals surface area contributed by atoms with Gasteiger partial charge in [-0.3, -0.25) is 9.59 Å². The van der Waals surface area contributed by atoms with Crippen molar-refractivity contribution in [1.82, 2.24) is 4.90 Å². The van der Waals surface area contributed by atoms with E-state index in [1.54, 1.807) is 9.80 Å². The normalized spacial score (nSPS) is 23.3. The molecule has 32 heavy (non-hydrogen) atoms. The average molecular weight is 442 g/mol. The minimum atomic E-state index is -4.49. The number of hydrogen-bond acceptors (Lipinski definition) is 2. The highest BCUT2D eigenvalue weighted by atomic mass is 19.4. The number of nitrogens with zero attached hydrogens (tertiary/aromatic N) is 2. The molecule has 1 fully saturated rings. The number of alkyl halides is 3. The van der Waals surface area contributed by atoms with Gasteiger partial charge in [-0.1, -0.05) is 36.4 Å². The number of halogens is 3. The number of carbonyl (C=O) groups is 2. The zero-order valence-electron chi connectivity index (χ0n) is 18.0. The molecule has 2 atom stereocenters. The van der Waals surface area contributed by atoms with Crippen molar-refractivity contribution in [3.63, 3.8) is 0 Å². The van der Waals surface area contributed by atoms with Crippen LogP contribution in [0.2, 0.25) is 0 Å². The molecule has 0 saturated carbocycles. The number of anilines is 1. The average Bonchev–Trinajstić information content (AvgIpc) is 2.99. The number of likely N-dealkylation sites (tertiary alicyclic amines) is 1. The summed E-state index contributed by atoms with van der Waals surface area (Å²) in [6.45, 7) is 4.78. The first-order chi connectivity index (χ1) is 15.2.